The second kappa shape index (κ2) is 7.74. The largest absolute Gasteiger partial charge is 0.507 e. The molecule has 0 amide bonds. The molecule has 0 aromatic heterocycles. The zero-order valence-corrected chi connectivity index (χ0v) is 16.6. The third-order valence-electron chi connectivity index (χ3n) is 3.95. The van der Waals surface area contributed by atoms with E-state index in [-0.39, 0.29) is 15.9 Å². The van der Waals surface area contributed by atoms with Crippen LogP contribution < -0.4 is 0 Å². The number of hydrogen-bond acceptors (Lipinski definition) is 3. The number of aromatic hydroxyl groups is 1. The Balaban J connectivity index is 2.98. The van der Waals surface area contributed by atoms with Gasteiger partial charge in [0.05, 0.1) is 0 Å². The van der Waals surface area contributed by atoms with E-state index < -0.39 is 0 Å². The van der Waals surface area contributed by atoms with E-state index in [1.54, 1.807) is 6.92 Å². The average Bonchev–Trinajstić information content (AvgIpc) is 2.36. The number of hydrogen-bond donors (Lipinski definition) is 1. The highest BCUT2D eigenvalue weighted by molar-refractivity contribution is 8.13. The van der Waals surface area contributed by atoms with Crippen molar-refractivity contribution in [1.29, 1.82) is 0 Å². The van der Waals surface area contributed by atoms with E-state index in [0.29, 0.717) is 5.75 Å². The Kier molecular flexibility index (Phi) is 6.76. The van der Waals surface area contributed by atoms with Gasteiger partial charge in [0.25, 0.3) is 0 Å². The van der Waals surface area contributed by atoms with Gasteiger partial charge in [-0.1, -0.05) is 65.4 Å². The van der Waals surface area contributed by atoms with Crippen molar-refractivity contribution in [1.82, 2.24) is 0 Å². The molecule has 0 aliphatic carbocycles. The van der Waals surface area contributed by atoms with Crippen LogP contribution in [0.5, 0.6) is 5.75 Å². The molecule has 0 aliphatic heterocycles. The summed E-state index contributed by atoms with van der Waals surface area (Å²) in [5.41, 5.74) is 3.18. The number of carbonyl (C=O) groups is 1. The summed E-state index contributed by atoms with van der Waals surface area (Å²) >= 11 is 1.40. The molecule has 0 unspecified atom stereocenters. The Morgan fingerprint density at radius 2 is 1.48 bits per heavy atom. The van der Waals surface area contributed by atoms with Crippen LogP contribution in [0.3, 0.4) is 0 Å². The maximum absolute atomic E-state index is 11.0. The molecule has 1 rings (SSSR count). The van der Waals surface area contributed by atoms with E-state index >= 15 is 0 Å². The van der Waals surface area contributed by atoms with Gasteiger partial charge in [-0.15, -0.1) is 0 Å². The standard InChI is InChI=1S/C20H32O2S/c1-14(21)23-11-9-8-10-15-12-16(19(2,3)4)18(22)17(13-15)20(5,6)7/h12-13,22H,8-11H2,1-7H3. The maximum atomic E-state index is 11.0. The maximum Gasteiger partial charge on any atom is 0.185 e. The lowest BCUT2D eigenvalue weighted by molar-refractivity contribution is -0.109. The fourth-order valence-corrected chi connectivity index (χ4v) is 3.27. The van der Waals surface area contributed by atoms with Crippen molar-refractivity contribution >= 4 is 16.9 Å². The van der Waals surface area contributed by atoms with Gasteiger partial charge in [-0.3, -0.25) is 4.79 Å². The number of carbonyl (C=O) groups excluding carboxylic acids is 1. The van der Waals surface area contributed by atoms with Crippen LogP contribution in [0.1, 0.15) is 78.0 Å². The molecule has 2 nitrogen and oxygen atoms in total. The predicted molar refractivity (Wildman–Crippen MR) is 102 cm³/mol. The summed E-state index contributed by atoms with van der Waals surface area (Å²) < 4.78 is 0. The van der Waals surface area contributed by atoms with Crippen LogP contribution in [0.4, 0.5) is 0 Å². The lowest BCUT2D eigenvalue weighted by Gasteiger charge is -2.28. The molecule has 0 spiro atoms. The SMILES string of the molecule is CC(=O)SCCCCc1cc(C(C)(C)C)c(O)c(C(C)(C)C)c1. The van der Waals surface area contributed by atoms with Gasteiger partial charge >= 0.3 is 0 Å². The predicted octanol–water partition coefficient (Wildman–Crippen LogP) is 5.59. The average molecular weight is 337 g/mol. The summed E-state index contributed by atoms with van der Waals surface area (Å²) in [5.74, 6) is 1.34. The van der Waals surface area contributed by atoms with E-state index in [0.717, 1.165) is 36.1 Å². The summed E-state index contributed by atoms with van der Waals surface area (Å²) in [5, 5.41) is 10.9. The fourth-order valence-electron chi connectivity index (χ4n) is 2.63. The summed E-state index contributed by atoms with van der Waals surface area (Å²) in [6.07, 6.45) is 3.10. The zero-order chi connectivity index (χ0) is 17.8. The fraction of sp³-hybridized carbons (Fsp3) is 0.650. The number of phenols is 1. The second-order valence-electron chi connectivity index (χ2n) is 8.34. The smallest absolute Gasteiger partial charge is 0.185 e. The molecule has 0 saturated carbocycles. The van der Waals surface area contributed by atoms with Crippen molar-refractivity contribution in [3.8, 4) is 5.75 Å². The lowest BCUT2D eigenvalue weighted by atomic mass is 9.78. The van der Waals surface area contributed by atoms with E-state index in [2.05, 4.69) is 53.7 Å². The Morgan fingerprint density at radius 1 is 1.00 bits per heavy atom. The first-order valence-electron chi connectivity index (χ1n) is 8.43. The molecular weight excluding hydrogens is 304 g/mol. The van der Waals surface area contributed by atoms with E-state index in [9.17, 15) is 9.90 Å². The quantitative estimate of drug-likeness (QED) is 0.712. The third-order valence-corrected chi connectivity index (χ3v) is 4.85. The highest BCUT2D eigenvalue weighted by atomic mass is 32.2. The first-order chi connectivity index (χ1) is 10.4. The lowest BCUT2D eigenvalue weighted by Crippen LogP contribution is -2.18. The molecule has 1 aromatic rings. The van der Waals surface area contributed by atoms with Gasteiger partial charge in [0, 0.05) is 12.7 Å². The van der Waals surface area contributed by atoms with E-state index in [1.807, 2.05) is 0 Å². The molecule has 0 aliphatic rings. The molecule has 23 heavy (non-hydrogen) atoms. The molecule has 0 radical (unpaired) electrons. The Hall–Kier alpha value is -0.960. The van der Waals surface area contributed by atoms with Gasteiger partial charge in [0.1, 0.15) is 5.75 Å². The van der Waals surface area contributed by atoms with Crippen molar-refractivity contribution in [2.45, 2.75) is 78.6 Å². The van der Waals surface area contributed by atoms with Crippen LogP contribution in [0.25, 0.3) is 0 Å². The summed E-state index contributed by atoms with van der Waals surface area (Å²) in [4.78, 5) is 11.0. The Bertz CT molecular complexity index is 513. The molecule has 0 atom stereocenters. The van der Waals surface area contributed by atoms with Gasteiger partial charge in [0.15, 0.2) is 5.12 Å². The van der Waals surface area contributed by atoms with Crippen LogP contribution in [-0.2, 0) is 22.0 Å². The zero-order valence-electron chi connectivity index (χ0n) is 15.7. The van der Waals surface area contributed by atoms with Gasteiger partial charge in [-0.25, -0.2) is 0 Å². The minimum absolute atomic E-state index is 0.0788. The summed E-state index contributed by atoms with van der Waals surface area (Å²) in [6, 6.07) is 4.31. The first-order valence-corrected chi connectivity index (χ1v) is 9.41. The number of rotatable bonds is 5. The van der Waals surface area contributed by atoms with Crippen LogP contribution in [-0.4, -0.2) is 16.0 Å². The van der Waals surface area contributed by atoms with Crippen LogP contribution in [0, 0.1) is 0 Å². The topological polar surface area (TPSA) is 37.3 Å². The molecular formula is C20H32O2S. The van der Waals surface area contributed by atoms with E-state index in [1.165, 1.54) is 17.3 Å². The molecule has 1 aromatic carbocycles. The van der Waals surface area contributed by atoms with Crippen molar-refractivity contribution in [3.63, 3.8) is 0 Å². The minimum atomic E-state index is -0.0788. The normalized spacial score (nSPS) is 12.5. The Labute approximate surface area is 146 Å². The summed E-state index contributed by atoms with van der Waals surface area (Å²) in [6.45, 7) is 14.5. The number of aryl methyl sites for hydroxylation is 1. The first kappa shape index (κ1) is 20.1. The van der Waals surface area contributed by atoms with Crippen LogP contribution in [0.2, 0.25) is 0 Å². The van der Waals surface area contributed by atoms with Gasteiger partial charge < -0.3 is 5.11 Å². The number of benzene rings is 1. The highest BCUT2D eigenvalue weighted by Crippen LogP contribution is 2.40. The third kappa shape index (κ3) is 6.21. The molecule has 0 heterocycles. The van der Waals surface area contributed by atoms with Crippen molar-refractivity contribution in [2.75, 3.05) is 5.75 Å². The van der Waals surface area contributed by atoms with Gasteiger partial charge in [-0.2, -0.15) is 0 Å². The van der Waals surface area contributed by atoms with Crippen molar-refractivity contribution in [3.05, 3.63) is 28.8 Å². The van der Waals surface area contributed by atoms with Gasteiger partial charge in [0.2, 0.25) is 0 Å². The monoisotopic (exact) mass is 336 g/mol. The molecule has 1 N–H and O–H groups in total. The molecule has 0 saturated heterocycles. The number of thioether (sulfide) groups is 1. The number of phenolic OH excluding ortho intramolecular Hbond substituents is 1. The molecule has 0 bridgehead atoms. The van der Waals surface area contributed by atoms with Crippen LogP contribution in [0.15, 0.2) is 12.1 Å². The van der Waals surface area contributed by atoms with Crippen molar-refractivity contribution < 1.29 is 9.90 Å². The Morgan fingerprint density at radius 3 is 1.87 bits per heavy atom. The van der Waals surface area contributed by atoms with Crippen molar-refractivity contribution in [2.24, 2.45) is 0 Å². The highest BCUT2D eigenvalue weighted by Gasteiger charge is 2.26. The molecule has 0 fully saturated rings. The van der Waals surface area contributed by atoms with E-state index in [4.69, 9.17) is 0 Å². The molecule has 130 valence electrons. The minimum Gasteiger partial charge on any atom is -0.507 e. The number of unbranched alkanes of at least 4 members (excludes halogenated alkanes) is 1. The second-order valence-corrected chi connectivity index (χ2v) is 9.61. The summed E-state index contributed by atoms with van der Waals surface area (Å²) in [7, 11) is 0. The van der Waals surface area contributed by atoms with Gasteiger partial charge in [-0.05, 0) is 46.8 Å². The van der Waals surface area contributed by atoms with Crippen LogP contribution >= 0.6 is 11.8 Å². The molecule has 3 heteroatoms.